The highest BCUT2D eigenvalue weighted by Crippen LogP contribution is 2.40. The van der Waals surface area contributed by atoms with Crippen LogP contribution in [0.5, 0.6) is 0 Å². The molecule has 1 fully saturated rings. The number of carboxylic acid groups (broad SMARTS) is 1. The van der Waals surface area contributed by atoms with Gasteiger partial charge >= 0.3 is 11.9 Å². The highest BCUT2D eigenvalue weighted by Gasteiger charge is 2.54. The molecule has 3 rings (SSSR count). The Hall–Kier alpha value is -2.89. The van der Waals surface area contributed by atoms with Crippen molar-refractivity contribution in [3.05, 3.63) is 23.0 Å². The van der Waals surface area contributed by atoms with Gasteiger partial charge in [0.2, 0.25) is 11.8 Å². The minimum absolute atomic E-state index is 0.143. The van der Waals surface area contributed by atoms with Crippen LogP contribution < -0.4 is 5.32 Å². The second kappa shape index (κ2) is 8.00. The molecule has 0 bridgehead atoms. The van der Waals surface area contributed by atoms with Gasteiger partial charge in [0.25, 0.3) is 5.91 Å². The number of carboxylic acids is 1. The zero-order valence-corrected chi connectivity index (χ0v) is 15.9. The third-order valence-electron chi connectivity index (χ3n) is 4.15. The molecule has 11 nitrogen and oxygen atoms in total. The van der Waals surface area contributed by atoms with Crippen LogP contribution >= 0.6 is 11.8 Å². The van der Waals surface area contributed by atoms with Crippen molar-refractivity contribution in [1.29, 1.82) is 0 Å². The molecule has 2 unspecified atom stereocenters. The van der Waals surface area contributed by atoms with Crippen LogP contribution in [0, 0.1) is 0 Å². The summed E-state index contributed by atoms with van der Waals surface area (Å²) in [6.07, 6.45) is 0.396. The highest BCUT2D eigenvalue weighted by atomic mass is 32.2. The van der Waals surface area contributed by atoms with E-state index in [1.807, 2.05) is 6.92 Å². The Balaban J connectivity index is 1.66. The molecule has 2 amide bonds. The van der Waals surface area contributed by atoms with E-state index in [9.17, 15) is 24.3 Å². The molecular weight excluding hydrogens is 392 g/mol. The number of ether oxygens (including phenoxy) is 1. The normalized spacial score (nSPS) is 21.1. The van der Waals surface area contributed by atoms with Crippen LogP contribution in [0.15, 0.2) is 15.8 Å². The van der Waals surface area contributed by atoms with Crippen LogP contribution in [0.25, 0.3) is 0 Å². The molecule has 2 aliphatic heterocycles. The molecule has 150 valence electrons. The molecule has 2 atom stereocenters. The molecule has 0 radical (unpaired) electrons. The molecule has 0 spiro atoms. The standard InChI is InChI=1S/C16H18N4O7S/c1-3-9-17-11(27-19-9)4-10(22)18-12-14(23)20-13(16(24)25)8(5-26-7(2)21)6-28-15(12)20/h12,15H,3-6H2,1-2H3,(H,18,22)(H,24,25). The number of fused-ring (bicyclic) bond motifs is 1. The zero-order valence-electron chi connectivity index (χ0n) is 15.1. The lowest BCUT2D eigenvalue weighted by molar-refractivity contribution is -0.151. The molecule has 1 aromatic rings. The number of β-lactam (4-membered cyclic amide) rings is 1. The summed E-state index contributed by atoms with van der Waals surface area (Å²) < 4.78 is 9.82. The number of hydrogen-bond donors (Lipinski definition) is 2. The number of amides is 2. The maximum Gasteiger partial charge on any atom is 0.352 e. The summed E-state index contributed by atoms with van der Waals surface area (Å²) in [6, 6.07) is -0.851. The summed E-state index contributed by atoms with van der Waals surface area (Å²) in [4.78, 5) is 52.4. The summed E-state index contributed by atoms with van der Waals surface area (Å²) in [5.74, 6) is -1.96. The molecule has 12 heteroatoms. The number of aromatic nitrogens is 2. The van der Waals surface area contributed by atoms with Crippen molar-refractivity contribution in [1.82, 2.24) is 20.4 Å². The largest absolute Gasteiger partial charge is 0.477 e. The monoisotopic (exact) mass is 410 g/mol. The quantitative estimate of drug-likeness (QED) is 0.443. The maximum absolute atomic E-state index is 12.5. The summed E-state index contributed by atoms with van der Waals surface area (Å²) in [6.45, 7) is 2.86. The van der Waals surface area contributed by atoms with Gasteiger partial charge in [-0.2, -0.15) is 4.98 Å². The number of rotatable bonds is 7. The first-order chi connectivity index (χ1) is 13.3. The topological polar surface area (TPSA) is 152 Å². The lowest BCUT2D eigenvalue weighted by atomic mass is 10.0. The van der Waals surface area contributed by atoms with Crippen LogP contribution in [-0.2, 0) is 36.8 Å². The average Bonchev–Trinajstić information content (AvgIpc) is 3.10. The SMILES string of the molecule is CCc1noc(CC(=O)NC2C(=O)N3C(C(=O)O)=C(COC(C)=O)CSC23)n1. The fourth-order valence-corrected chi connectivity index (χ4v) is 4.18. The fourth-order valence-electron chi connectivity index (χ4n) is 2.85. The van der Waals surface area contributed by atoms with E-state index in [1.54, 1.807) is 0 Å². The molecule has 1 aromatic heterocycles. The van der Waals surface area contributed by atoms with Crippen LogP contribution in [0.2, 0.25) is 0 Å². The molecule has 0 saturated carbocycles. The average molecular weight is 410 g/mol. The second-order valence-corrected chi connectivity index (χ2v) is 7.23. The summed E-state index contributed by atoms with van der Waals surface area (Å²) in [5.41, 5.74) is 0.130. The lowest BCUT2D eigenvalue weighted by Crippen LogP contribution is -2.70. The van der Waals surface area contributed by atoms with E-state index in [0.717, 1.165) is 4.90 Å². The van der Waals surface area contributed by atoms with Crippen LogP contribution in [0.1, 0.15) is 25.6 Å². The van der Waals surface area contributed by atoms with Gasteiger partial charge in [-0.25, -0.2) is 4.79 Å². The van der Waals surface area contributed by atoms with Crippen molar-refractivity contribution < 1.29 is 33.5 Å². The predicted molar refractivity (Wildman–Crippen MR) is 93.7 cm³/mol. The van der Waals surface area contributed by atoms with Crippen molar-refractivity contribution in [3.8, 4) is 0 Å². The third-order valence-corrected chi connectivity index (χ3v) is 5.49. The number of aliphatic carboxylic acids is 1. The van der Waals surface area contributed by atoms with Gasteiger partial charge in [-0.15, -0.1) is 11.8 Å². The number of carbonyl (C=O) groups is 4. The Morgan fingerprint density at radius 3 is 2.79 bits per heavy atom. The van der Waals surface area contributed by atoms with Crippen LogP contribution in [0.4, 0.5) is 0 Å². The van der Waals surface area contributed by atoms with Crippen LogP contribution in [0.3, 0.4) is 0 Å². The van der Waals surface area contributed by atoms with E-state index in [4.69, 9.17) is 9.26 Å². The summed E-state index contributed by atoms with van der Waals surface area (Å²) in [5, 5.41) is 15.2. The van der Waals surface area contributed by atoms with Gasteiger partial charge < -0.3 is 19.7 Å². The molecule has 2 aliphatic rings. The van der Waals surface area contributed by atoms with E-state index in [-0.39, 0.29) is 30.4 Å². The number of nitrogens with one attached hydrogen (secondary N) is 1. The second-order valence-electron chi connectivity index (χ2n) is 6.13. The minimum atomic E-state index is -1.29. The number of aryl methyl sites for hydroxylation is 1. The van der Waals surface area contributed by atoms with Crippen molar-refractivity contribution in [2.45, 2.75) is 38.1 Å². The number of thioether (sulfide) groups is 1. The first-order valence-electron chi connectivity index (χ1n) is 8.46. The van der Waals surface area contributed by atoms with Crippen molar-refractivity contribution >= 4 is 35.5 Å². The van der Waals surface area contributed by atoms with Gasteiger partial charge in [0.15, 0.2) is 5.82 Å². The smallest absolute Gasteiger partial charge is 0.352 e. The predicted octanol–water partition coefficient (Wildman–Crippen LogP) is -0.524. The molecule has 1 saturated heterocycles. The van der Waals surface area contributed by atoms with E-state index in [2.05, 4.69) is 15.5 Å². The first kappa shape index (κ1) is 19.9. The molecule has 28 heavy (non-hydrogen) atoms. The molecule has 0 aromatic carbocycles. The van der Waals surface area contributed by atoms with Gasteiger partial charge in [0.1, 0.15) is 30.1 Å². The van der Waals surface area contributed by atoms with E-state index in [1.165, 1.54) is 18.7 Å². The first-order valence-corrected chi connectivity index (χ1v) is 9.50. The van der Waals surface area contributed by atoms with Gasteiger partial charge in [-0.05, 0) is 0 Å². The van der Waals surface area contributed by atoms with E-state index in [0.29, 0.717) is 17.8 Å². The van der Waals surface area contributed by atoms with E-state index >= 15 is 0 Å². The van der Waals surface area contributed by atoms with Gasteiger partial charge in [-0.3, -0.25) is 19.3 Å². The van der Waals surface area contributed by atoms with E-state index < -0.39 is 35.2 Å². The highest BCUT2D eigenvalue weighted by molar-refractivity contribution is 8.00. The van der Waals surface area contributed by atoms with Crippen LogP contribution in [-0.4, -0.2) is 67.7 Å². The Morgan fingerprint density at radius 2 is 2.18 bits per heavy atom. The summed E-state index contributed by atoms with van der Waals surface area (Å²) in [7, 11) is 0. The number of nitrogens with zero attached hydrogens (tertiary/aromatic N) is 3. The molecular formula is C16H18N4O7S. The number of esters is 1. The molecule has 3 heterocycles. The Labute approximate surface area is 163 Å². The van der Waals surface area contributed by atoms with Crippen molar-refractivity contribution in [3.63, 3.8) is 0 Å². The number of hydrogen-bond acceptors (Lipinski definition) is 9. The zero-order chi connectivity index (χ0) is 20.4. The minimum Gasteiger partial charge on any atom is -0.477 e. The Kier molecular flexibility index (Phi) is 5.68. The van der Waals surface area contributed by atoms with Crippen molar-refractivity contribution in [2.24, 2.45) is 0 Å². The van der Waals surface area contributed by atoms with Gasteiger partial charge in [0, 0.05) is 24.7 Å². The Morgan fingerprint density at radius 1 is 1.43 bits per heavy atom. The number of carbonyl (C=O) groups excluding carboxylic acids is 3. The Bertz CT molecular complexity index is 865. The fraction of sp³-hybridized carbons (Fsp3) is 0.500. The summed E-state index contributed by atoms with van der Waals surface area (Å²) >= 11 is 1.29. The third kappa shape index (κ3) is 3.86. The van der Waals surface area contributed by atoms with Gasteiger partial charge in [0.05, 0.1) is 0 Å². The maximum atomic E-state index is 12.5. The molecule has 2 N–H and O–H groups in total. The van der Waals surface area contributed by atoms with Gasteiger partial charge in [-0.1, -0.05) is 12.1 Å². The molecule has 0 aliphatic carbocycles. The van der Waals surface area contributed by atoms with Crippen molar-refractivity contribution in [2.75, 3.05) is 12.4 Å². The lowest BCUT2D eigenvalue weighted by Gasteiger charge is -2.49.